The van der Waals surface area contributed by atoms with Crippen LogP contribution in [0.4, 0.5) is 13.2 Å². The minimum atomic E-state index is -4.51. The van der Waals surface area contributed by atoms with E-state index >= 15 is 0 Å². The Balaban J connectivity index is 0.00000456. The first-order chi connectivity index (χ1) is 16.5. The van der Waals surface area contributed by atoms with Gasteiger partial charge >= 0.3 is 49.9 Å². The third-order valence-electron chi connectivity index (χ3n) is 5.04. The number of hydrogen-bond donors (Lipinski definition) is 1. The van der Waals surface area contributed by atoms with Crippen molar-refractivity contribution in [2.24, 2.45) is 0 Å². The monoisotopic (exact) mass is 534 g/mol. The van der Waals surface area contributed by atoms with Crippen LogP contribution in [0.25, 0.3) is 5.69 Å². The Hall–Kier alpha value is -2.43. The number of benzene rings is 2. The number of para-hydroxylation sites is 1. The second-order valence-corrected chi connectivity index (χ2v) is 8.20. The van der Waals surface area contributed by atoms with Gasteiger partial charge < -0.3 is 22.2 Å². The Bertz CT molecular complexity index is 1180. The van der Waals surface area contributed by atoms with E-state index < -0.39 is 23.3 Å². The van der Waals surface area contributed by atoms with Crippen LogP contribution in [-0.2, 0) is 17.4 Å². The van der Waals surface area contributed by atoms with Gasteiger partial charge in [-0.05, 0) is 57.9 Å². The second-order valence-electron chi connectivity index (χ2n) is 8.20. The fraction of sp³-hybridized carbons (Fsp3) is 0.360. The predicted molar refractivity (Wildman–Crippen MR) is 130 cm³/mol. The summed E-state index contributed by atoms with van der Waals surface area (Å²) < 4.78 is 58.3. The fourth-order valence-corrected chi connectivity index (χ4v) is 3.28. The van der Waals surface area contributed by atoms with Crippen molar-refractivity contribution < 1.29 is 40.1 Å². The van der Waals surface area contributed by atoms with Crippen molar-refractivity contribution in [2.45, 2.75) is 45.4 Å². The van der Waals surface area contributed by atoms with Crippen molar-refractivity contribution in [3.05, 3.63) is 65.9 Å². The summed E-state index contributed by atoms with van der Waals surface area (Å²) in [6.07, 6.45) is -1.97. The minimum Gasteiger partial charge on any atom is -1.00 e. The Morgan fingerprint density at radius 2 is 1.78 bits per heavy atom. The average molecular weight is 535 g/mol. The molecule has 3 rings (SSSR count). The van der Waals surface area contributed by atoms with Gasteiger partial charge in [-0.1, -0.05) is 18.2 Å². The Kier molecular flexibility index (Phi) is 10.5. The van der Waals surface area contributed by atoms with Gasteiger partial charge in [0.2, 0.25) is 5.88 Å². The maximum absolute atomic E-state index is 13.4. The number of carboxylic acids is 1. The first-order valence-corrected chi connectivity index (χ1v) is 11.0. The van der Waals surface area contributed by atoms with E-state index in [0.717, 1.165) is 6.07 Å². The van der Waals surface area contributed by atoms with E-state index in [9.17, 15) is 23.1 Å². The molecule has 0 unspecified atom stereocenters. The summed E-state index contributed by atoms with van der Waals surface area (Å²) in [5, 5.41) is 13.4. The number of aliphatic carboxylic acids is 1. The van der Waals surface area contributed by atoms with E-state index in [0.29, 0.717) is 43.1 Å². The molecule has 0 amide bonds. The summed E-state index contributed by atoms with van der Waals surface area (Å²) in [6, 6.07) is 11.9. The van der Waals surface area contributed by atoms with Gasteiger partial charge in [0.1, 0.15) is 11.5 Å². The molecule has 0 radical (unpaired) electrons. The number of hydrogen-bond acceptors (Lipinski definition) is 5. The molecule has 0 bridgehead atoms. The van der Waals surface area contributed by atoms with Crippen LogP contribution in [0.2, 0.25) is 0 Å². The predicted octanol–water partition coefficient (Wildman–Crippen LogP) is 5.39. The van der Waals surface area contributed by atoms with Crippen LogP contribution in [0.3, 0.4) is 0 Å². The summed E-state index contributed by atoms with van der Waals surface area (Å²) >= 11 is 0. The quantitative estimate of drug-likeness (QED) is 0.263. The number of rotatable bonds is 11. The molecule has 36 heavy (non-hydrogen) atoms. The summed E-state index contributed by atoms with van der Waals surface area (Å²) in [5.74, 6) is 0.0461. The normalized spacial score (nSPS) is 11.5. The van der Waals surface area contributed by atoms with Crippen LogP contribution in [-0.4, -0.2) is 77.4 Å². The molecule has 1 heterocycles. The molecule has 0 aliphatic carbocycles. The van der Waals surface area contributed by atoms with Crippen LogP contribution < -0.4 is 14.2 Å². The summed E-state index contributed by atoms with van der Waals surface area (Å²) in [7, 11) is 0. The van der Waals surface area contributed by atoms with E-state index in [4.69, 9.17) is 14.2 Å². The van der Waals surface area contributed by atoms with E-state index in [1.54, 1.807) is 31.2 Å². The second kappa shape index (κ2) is 12.7. The van der Waals surface area contributed by atoms with E-state index in [1.807, 2.05) is 0 Å². The molecule has 3 aromatic rings. The Morgan fingerprint density at radius 3 is 2.44 bits per heavy atom. The molecule has 0 aliphatic rings. The third kappa shape index (κ3) is 7.78. The van der Waals surface area contributed by atoms with Gasteiger partial charge in [-0.2, -0.15) is 13.2 Å². The summed E-state index contributed by atoms with van der Waals surface area (Å²) in [4.78, 5) is 11.3. The molecule has 0 atom stereocenters. The largest absolute Gasteiger partial charge is 2.00 e. The zero-order valence-electron chi connectivity index (χ0n) is 22.3. The first-order valence-electron chi connectivity index (χ1n) is 11.0. The Morgan fingerprint density at radius 1 is 1.08 bits per heavy atom. The molecule has 192 valence electrons. The molecule has 7 nitrogen and oxygen atoms in total. The summed E-state index contributed by atoms with van der Waals surface area (Å²) in [6.45, 7) is 5.30. The maximum Gasteiger partial charge on any atom is 2.00 e. The average Bonchev–Trinajstić information content (AvgIpc) is 3.19. The molecule has 0 saturated carbocycles. The van der Waals surface area contributed by atoms with E-state index in [-0.39, 0.29) is 52.2 Å². The molecular weight excluding hydrogens is 505 g/mol. The van der Waals surface area contributed by atoms with Gasteiger partial charge in [0.25, 0.3) is 0 Å². The topological polar surface area (TPSA) is 82.8 Å². The van der Waals surface area contributed by atoms with Gasteiger partial charge in [0, 0.05) is 17.8 Å². The molecule has 0 aliphatic heterocycles. The number of alkyl halides is 3. The van der Waals surface area contributed by atoms with Gasteiger partial charge in [-0.25, -0.2) is 9.48 Å². The van der Waals surface area contributed by atoms with Crippen LogP contribution in [0.1, 0.15) is 41.2 Å². The van der Waals surface area contributed by atoms with Crippen molar-refractivity contribution in [1.29, 1.82) is 0 Å². The van der Waals surface area contributed by atoms with Gasteiger partial charge in [0.05, 0.1) is 24.5 Å². The smallest absolute Gasteiger partial charge is 1.00 e. The van der Waals surface area contributed by atoms with Gasteiger partial charge in [-0.3, -0.25) is 0 Å². The SMILES string of the molecule is CCOc1nn(-c2ccccc2C(F)(F)F)cc1CCCOc1cccc(OC(C)(C)C(=O)O)c1.[Ca+2].[H-].[H-]. The fourth-order valence-electron chi connectivity index (χ4n) is 3.28. The zero-order chi connectivity index (χ0) is 25.6. The third-order valence-corrected chi connectivity index (χ3v) is 5.04. The molecule has 2 aromatic carbocycles. The van der Waals surface area contributed by atoms with Crippen molar-refractivity contribution in [2.75, 3.05) is 13.2 Å². The van der Waals surface area contributed by atoms with Crippen LogP contribution >= 0.6 is 0 Å². The van der Waals surface area contributed by atoms with Crippen molar-refractivity contribution in [3.8, 4) is 23.1 Å². The van der Waals surface area contributed by atoms with Gasteiger partial charge in [0.15, 0.2) is 5.60 Å². The van der Waals surface area contributed by atoms with Crippen LogP contribution in [0, 0.1) is 0 Å². The van der Waals surface area contributed by atoms with Gasteiger partial charge in [-0.15, -0.1) is 5.10 Å². The summed E-state index contributed by atoms with van der Waals surface area (Å²) in [5.41, 5.74) is -1.59. The van der Waals surface area contributed by atoms with Crippen molar-refractivity contribution >= 4 is 43.7 Å². The number of aromatic nitrogens is 2. The van der Waals surface area contributed by atoms with E-state index in [2.05, 4.69) is 5.10 Å². The molecule has 0 fully saturated rings. The Labute approximate surface area is 240 Å². The van der Waals surface area contributed by atoms with Crippen molar-refractivity contribution in [3.63, 3.8) is 0 Å². The number of aryl methyl sites for hydroxylation is 1. The van der Waals surface area contributed by atoms with Crippen molar-refractivity contribution in [1.82, 2.24) is 9.78 Å². The number of carbonyl (C=O) groups is 1. The molecular formula is C25H29CaF3N2O5. The molecule has 1 N–H and O–H groups in total. The maximum atomic E-state index is 13.4. The van der Waals surface area contributed by atoms with Crippen LogP contribution in [0.15, 0.2) is 54.7 Å². The van der Waals surface area contributed by atoms with E-state index in [1.165, 1.54) is 42.9 Å². The zero-order valence-corrected chi connectivity index (χ0v) is 22.5. The molecule has 11 heteroatoms. The number of carboxylic acid groups (broad SMARTS) is 1. The molecule has 0 spiro atoms. The standard InChI is InChI=1S/C25H27F3N2O5.Ca.2H/c1-4-33-22-17(16-30(29-22)21-13-6-5-12-20(21)25(26,27)28)9-8-14-34-18-10-7-11-19(15-18)35-24(2,3)23(31)32;;;/h5-7,10-13,15-16H,4,8-9,14H2,1-3H3,(H,31,32);;;/q;+2;2*-1. The minimum absolute atomic E-state index is 0. The molecule has 1 aromatic heterocycles. The number of nitrogens with zero attached hydrogens (tertiary/aromatic N) is 2. The number of ether oxygens (including phenoxy) is 3. The van der Waals surface area contributed by atoms with Crippen LogP contribution in [0.5, 0.6) is 17.4 Å². The first kappa shape index (κ1) is 29.8. The number of halogens is 3. The molecule has 0 saturated heterocycles.